The number of carbonyl (C=O) groups excluding carboxylic acids is 2. The number of hydrogen-bond donors (Lipinski definition) is 2. The monoisotopic (exact) mass is 600 g/mol. The SMILES string of the molecule is CCSc1ccc2c(c1)CCN(C=O)C2C(=O)Nc1ccc(-c2ccc(C(O)(C(F)(F)F)C(F)(F)F)cc2F)cc1. The maximum atomic E-state index is 14.7. The normalized spacial score (nSPS) is 15.8. The number of thioether (sulfide) groups is 1. The van der Waals surface area contributed by atoms with Gasteiger partial charge in [0.2, 0.25) is 6.41 Å². The van der Waals surface area contributed by atoms with Crippen LogP contribution in [-0.4, -0.2) is 47.0 Å². The van der Waals surface area contributed by atoms with Crippen molar-refractivity contribution in [1.82, 2.24) is 4.90 Å². The van der Waals surface area contributed by atoms with Crippen LogP contribution in [0.1, 0.15) is 29.7 Å². The van der Waals surface area contributed by atoms with Crippen molar-refractivity contribution in [3.63, 3.8) is 0 Å². The summed E-state index contributed by atoms with van der Waals surface area (Å²) in [5.74, 6) is -1.06. The summed E-state index contributed by atoms with van der Waals surface area (Å²) in [5.41, 5.74) is -5.32. The topological polar surface area (TPSA) is 69.6 Å². The number of carbonyl (C=O) groups is 2. The van der Waals surface area contributed by atoms with Crippen molar-refractivity contribution in [2.45, 2.75) is 42.2 Å². The number of amides is 2. The first-order valence-corrected chi connectivity index (χ1v) is 13.2. The summed E-state index contributed by atoms with van der Waals surface area (Å²) in [7, 11) is 0. The zero-order valence-electron chi connectivity index (χ0n) is 21.3. The maximum Gasteiger partial charge on any atom is 0.430 e. The van der Waals surface area contributed by atoms with E-state index < -0.39 is 41.3 Å². The number of alkyl halides is 6. The van der Waals surface area contributed by atoms with Gasteiger partial charge in [0.05, 0.1) is 0 Å². The van der Waals surface area contributed by atoms with Crippen LogP contribution in [-0.2, 0) is 21.6 Å². The Balaban J connectivity index is 1.57. The summed E-state index contributed by atoms with van der Waals surface area (Å²) in [4.78, 5) is 27.3. The van der Waals surface area contributed by atoms with Gasteiger partial charge < -0.3 is 15.3 Å². The van der Waals surface area contributed by atoms with Gasteiger partial charge in [0.15, 0.2) is 0 Å². The fourth-order valence-electron chi connectivity index (χ4n) is 4.69. The molecule has 1 heterocycles. The first kappa shape index (κ1) is 30.4. The lowest BCUT2D eigenvalue weighted by Gasteiger charge is -2.34. The summed E-state index contributed by atoms with van der Waals surface area (Å²) < 4.78 is 93.7. The molecule has 41 heavy (non-hydrogen) atoms. The van der Waals surface area contributed by atoms with Crippen LogP contribution in [0.4, 0.5) is 36.4 Å². The molecule has 0 aromatic heterocycles. The molecule has 0 saturated carbocycles. The van der Waals surface area contributed by atoms with E-state index in [0.29, 0.717) is 37.1 Å². The Morgan fingerprint density at radius 1 is 1.02 bits per heavy atom. The number of benzene rings is 3. The average Bonchev–Trinajstić information content (AvgIpc) is 2.91. The third-order valence-electron chi connectivity index (χ3n) is 6.75. The van der Waals surface area contributed by atoms with Gasteiger partial charge in [-0.1, -0.05) is 37.3 Å². The number of nitrogens with one attached hydrogen (secondary N) is 1. The number of rotatable bonds is 7. The maximum absolute atomic E-state index is 14.7. The molecule has 0 bridgehead atoms. The standard InChI is InChI=1S/C28H23F7N2O3S/c1-2-41-20-8-10-22-17(13-20)11-12-37(15-38)24(22)25(39)36-19-6-3-16(4-7-19)21-9-5-18(14-23(21)29)26(40,27(30,31)32)28(33,34)35/h3-10,13-15,24,40H,2,11-12H2,1H3,(H,36,39). The highest BCUT2D eigenvalue weighted by molar-refractivity contribution is 7.99. The summed E-state index contributed by atoms with van der Waals surface area (Å²) in [6.45, 7) is 2.35. The van der Waals surface area contributed by atoms with Gasteiger partial charge in [-0.3, -0.25) is 9.59 Å². The summed E-state index contributed by atoms with van der Waals surface area (Å²) >= 11 is 1.65. The van der Waals surface area contributed by atoms with E-state index >= 15 is 0 Å². The van der Waals surface area contributed by atoms with Crippen LogP contribution < -0.4 is 5.32 Å². The molecule has 1 aliphatic heterocycles. The Kier molecular flexibility index (Phi) is 8.42. The van der Waals surface area contributed by atoms with Crippen LogP contribution in [0, 0.1) is 5.82 Å². The van der Waals surface area contributed by atoms with Gasteiger partial charge in [-0.15, -0.1) is 11.8 Å². The van der Waals surface area contributed by atoms with Crippen molar-refractivity contribution in [3.05, 3.63) is 83.2 Å². The van der Waals surface area contributed by atoms with E-state index in [9.17, 15) is 45.4 Å². The minimum absolute atomic E-state index is 0.00896. The number of anilines is 1. The molecule has 0 aliphatic carbocycles. The van der Waals surface area contributed by atoms with Gasteiger partial charge in [-0.25, -0.2) is 4.39 Å². The molecule has 3 aromatic rings. The molecule has 1 atom stereocenters. The summed E-state index contributed by atoms with van der Waals surface area (Å²) in [6.07, 6.45) is -11.1. The van der Waals surface area contributed by atoms with Crippen molar-refractivity contribution in [2.24, 2.45) is 0 Å². The molecule has 0 spiro atoms. The minimum atomic E-state index is -6.14. The van der Waals surface area contributed by atoms with E-state index in [-0.39, 0.29) is 22.9 Å². The van der Waals surface area contributed by atoms with Gasteiger partial charge in [-0.05, 0) is 59.2 Å². The highest BCUT2D eigenvalue weighted by Gasteiger charge is 2.71. The molecule has 5 nitrogen and oxygen atoms in total. The van der Waals surface area contributed by atoms with Crippen molar-refractivity contribution >= 4 is 29.8 Å². The van der Waals surface area contributed by atoms with Crippen LogP contribution >= 0.6 is 11.8 Å². The fourth-order valence-corrected chi connectivity index (χ4v) is 5.41. The third-order valence-corrected chi connectivity index (χ3v) is 7.62. The molecule has 1 aliphatic rings. The Bertz CT molecular complexity index is 1430. The molecular formula is C28H23F7N2O3S. The molecule has 0 fully saturated rings. The third kappa shape index (κ3) is 5.78. The van der Waals surface area contributed by atoms with E-state index in [1.165, 1.54) is 29.2 Å². The quantitative estimate of drug-likeness (QED) is 0.182. The average molecular weight is 601 g/mol. The van der Waals surface area contributed by atoms with Gasteiger partial charge >= 0.3 is 12.4 Å². The van der Waals surface area contributed by atoms with Crippen molar-refractivity contribution in [2.75, 3.05) is 17.6 Å². The second-order valence-corrected chi connectivity index (χ2v) is 10.6. The van der Waals surface area contributed by atoms with Gasteiger partial charge in [-0.2, -0.15) is 26.3 Å². The van der Waals surface area contributed by atoms with Crippen LogP contribution in [0.5, 0.6) is 0 Å². The number of hydrogen-bond acceptors (Lipinski definition) is 4. The molecule has 0 saturated heterocycles. The van der Waals surface area contributed by atoms with E-state index in [2.05, 4.69) is 5.32 Å². The lowest BCUT2D eigenvalue weighted by Crippen LogP contribution is -2.53. The second-order valence-electron chi connectivity index (χ2n) is 9.26. The van der Waals surface area contributed by atoms with Crippen molar-refractivity contribution < 1.29 is 45.4 Å². The molecular weight excluding hydrogens is 577 g/mol. The number of halogens is 7. The highest BCUT2D eigenvalue weighted by atomic mass is 32.2. The molecule has 0 radical (unpaired) electrons. The first-order chi connectivity index (χ1) is 19.2. The molecule has 2 amide bonds. The van der Waals surface area contributed by atoms with E-state index in [0.717, 1.165) is 16.2 Å². The second kappa shape index (κ2) is 11.4. The first-order valence-electron chi connectivity index (χ1n) is 12.2. The Morgan fingerprint density at radius 3 is 2.24 bits per heavy atom. The van der Waals surface area contributed by atoms with Crippen LogP contribution in [0.15, 0.2) is 65.6 Å². The Morgan fingerprint density at radius 2 is 1.68 bits per heavy atom. The van der Waals surface area contributed by atoms with Crippen molar-refractivity contribution in [1.29, 1.82) is 0 Å². The molecule has 4 rings (SSSR count). The predicted octanol–water partition coefficient (Wildman–Crippen LogP) is 6.61. The Hall–Kier alpha value is -3.58. The number of nitrogens with zero attached hydrogens (tertiary/aromatic N) is 1. The van der Waals surface area contributed by atoms with E-state index in [1.807, 2.05) is 19.1 Å². The molecule has 218 valence electrons. The number of fused-ring (bicyclic) bond motifs is 1. The van der Waals surface area contributed by atoms with E-state index in [1.54, 1.807) is 17.8 Å². The van der Waals surface area contributed by atoms with Gasteiger partial charge in [0, 0.05) is 28.3 Å². The Labute approximate surface area is 234 Å². The molecule has 3 aromatic carbocycles. The van der Waals surface area contributed by atoms with E-state index in [4.69, 9.17) is 0 Å². The predicted molar refractivity (Wildman–Crippen MR) is 139 cm³/mol. The lowest BCUT2D eigenvalue weighted by atomic mass is 9.90. The zero-order valence-corrected chi connectivity index (χ0v) is 22.1. The van der Waals surface area contributed by atoms with Crippen molar-refractivity contribution in [3.8, 4) is 11.1 Å². The lowest BCUT2D eigenvalue weighted by molar-refractivity contribution is -0.376. The van der Waals surface area contributed by atoms with Gasteiger partial charge in [0.1, 0.15) is 11.9 Å². The van der Waals surface area contributed by atoms with Crippen LogP contribution in [0.2, 0.25) is 0 Å². The molecule has 1 unspecified atom stereocenters. The highest BCUT2D eigenvalue weighted by Crippen LogP contribution is 2.50. The molecule has 13 heteroatoms. The smallest absolute Gasteiger partial charge is 0.369 e. The van der Waals surface area contributed by atoms with Gasteiger partial charge in [0.25, 0.3) is 11.5 Å². The largest absolute Gasteiger partial charge is 0.430 e. The molecule has 2 N–H and O–H groups in total. The minimum Gasteiger partial charge on any atom is -0.369 e. The summed E-state index contributed by atoms with van der Waals surface area (Å²) in [6, 6.07) is 11.2. The van der Waals surface area contributed by atoms with Crippen LogP contribution in [0.3, 0.4) is 0 Å². The fraction of sp³-hybridized carbons (Fsp3) is 0.286. The van der Waals surface area contributed by atoms with Crippen LogP contribution in [0.25, 0.3) is 11.1 Å². The zero-order chi connectivity index (χ0) is 30.2. The number of aliphatic hydroxyl groups is 1. The summed E-state index contributed by atoms with van der Waals surface area (Å²) in [5, 5.41) is 12.2.